The maximum atomic E-state index is 14.2. The van der Waals surface area contributed by atoms with Crippen LogP contribution in [0.4, 0.5) is 15.9 Å². The van der Waals surface area contributed by atoms with Crippen molar-refractivity contribution >= 4 is 17.3 Å². The quantitative estimate of drug-likeness (QED) is 0.661. The molecule has 5 nitrogen and oxygen atoms in total. The standard InChI is InChI=1S/C14H16FN5/c1-3-11-12(15)14(19-8-18-11)20(2)10-6-4-5-9(7-10)13(16)17/h4-8H,3H2,1-2H3,(H3,16,17). The topological polar surface area (TPSA) is 78.9 Å². The van der Waals surface area contributed by atoms with Gasteiger partial charge < -0.3 is 10.6 Å². The number of nitrogen functional groups attached to an aromatic ring is 1. The summed E-state index contributed by atoms with van der Waals surface area (Å²) in [6.45, 7) is 1.84. The van der Waals surface area contributed by atoms with Gasteiger partial charge in [0.25, 0.3) is 0 Å². The van der Waals surface area contributed by atoms with Crippen molar-refractivity contribution in [2.45, 2.75) is 13.3 Å². The van der Waals surface area contributed by atoms with Gasteiger partial charge >= 0.3 is 0 Å². The van der Waals surface area contributed by atoms with Gasteiger partial charge in [-0.15, -0.1) is 0 Å². The van der Waals surface area contributed by atoms with Crippen molar-refractivity contribution in [1.29, 1.82) is 5.41 Å². The number of nitrogens with zero attached hydrogens (tertiary/aromatic N) is 3. The van der Waals surface area contributed by atoms with E-state index < -0.39 is 5.82 Å². The van der Waals surface area contributed by atoms with Gasteiger partial charge in [0.05, 0.1) is 5.69 Å². The summed E-state index contributed by atoms with van der Waals surface area (Å²) >= 11 is 0. The molecule has 0 aliphatic rings. The number of anilines is 2. The number of nitrogens with one attached hydrogen (secondary N) is 1. The van der Waals surface area contributed by atoms with Crippen LogP contribution in [-0.2, 0) is 6.42 Å². The maximum Gasteiger partial charge on any atom is 0.187 e. The Morgan fingerprint density at radius 3 is 2.80 bits per heavy atom. The van der Waals surface area contributed by atoms with E-state index in [1.807, 2.05) is 6.92 Å². The van der Waals surface area contributed by atoms with E-state index >= 15 is 0 Å². The molecule has 0 saturated carbocycles. The number of rotatable bonds is 4. The zero-order valence-electron chi connectivity index (χ0n) is 11.4. The highest BCUT2D eigenvalue weighted by Crippen LogP contribution is 2.25. The lowest BCUT2D eigenvalue weighted by molar-refractivity contribution is 0.593. The lowest BCUT2D eigenvalue weighted by atomic mass is 10.1. The van der Waals surface area contributed by atoms with Gasteiger partial charge in [-0.3, -0.25) is 5.41 Å². The number of halogens is 1. The van der Waals surface area contributed by atoms with Crippen molar-refractivity contribution in [3.05, 3.63) is 47.7 Å². The highest BCUT2D eigenvalue weighted by atomic mass is 19.1. The molecule has 20 heavy (non-hydrogen) atoms. The van der Waals surface area contributed by atoms with Crippen LogP contribution in [0.25, 0.3) is 0 Å². The van der Waals surface area contributed by atoms with Crippen molar-refractivity contribution in [3.63, 3.8) is 0 Å². The molecule has 0 fully saturated rings. The summed E-state index contributed by atoms with van der Waals surface area (Å²) in [7, 11) is 1.71. The van der Waals surface area contributed by atoms with E-state index in [0.29, 0.717) is 23.4 Å². The minimum absolute atomic E-state index is 0.0299. The molecule has 0 spiro atoms. The molecule has 2 rings (SSSR count). The Hall–Kier alpha value is -2.50. The molecule has 1 aromatic heterocycles. The lowest BCUT2D eigenvalue weighted by Gasteiger charge is -2.20. The molecular weight excluding hydrogens is 257 g/mol. The van der Waals surface area contributed by atoms with Crippen LogP contribution in [-0.4, -0.2) is 22.9 Å². The molecule has 0 radical (unpaired) electrons. The summed E-state index contributed by atoms with van der Waals surface area (Å²) in [5, 5.41) is 7.44. The fourth-order valence-electron chi connectivity index (χ4n) is 1.88. The second-order valence-electron chi connectivity index (χ2n) is 4.33. The second-order valence-corrected chi connectivity index (χ2v) is 4.33. The van der Waals surface area contributed by atoms with Crippen LogP contribution in [0, 0.1) is 11.2 Å². The van der Waals surface area contributed by atoms with Crippen molar-refractivity contribution in [1.82, 2.24) is 9.97 Å². The first-order valence-electron chi connectivity index (χ1n) is 6.22. The Morgan fingerprint density at radius 1 is 1.40 bits per heavy atom. The molecule has 0 amide bonds. The largest absolute Gasteiger partial charge is 0.384 e. The van der Waals surface area contributed by atoms with E-state index in [0.717, 1.165) is 0 Å². The van der Waals surface area contributed by atoms with Crippen molar-refractivity contribution in [2.75, 3.05) is 11.9 Å². The third-order valence-corrected chi connectivity index (χ3v) is 3.04. The van der Waals surface area contributed by atoms with Gasteiger partial charge in [0.1, 0.15) is 12.2 Å². The number of aryl methyl sites for hydroxylation is 1. The Labute approximate surface area is 116 Å². The molecule has 2 aromatic rings. The van der Waals surface area contributed by atoms with E-state index in [9.17, 15) is 4.39 Å². The summed E-state index contributed by atoms with van der Waals surface area (Å²) in [4.78, 5) is 9.52. The molecule has 3 N–H and O–H groups in total. The minimum Gasteiger partial charge on any atom is -0.384 e. The smallest absolute Gasteiger partial charge is 0.187 e. The Kier molecular flexibility index (Phi) is 3.93. The van der Waals surface area contributed by atoms with Gasteiger partial charge in [-0.25, -0.2) is 14.4 Å². The fraction of sp³-hybridized carbons (Fsp3) is 0.214. The van der Waals surface area contributed by atoms with Gasteiger partial charge in [-0.1, -0.05) is 19.1 Å². The molecule has 0 saturated heterocycles. The molecule has 104 valence electrons. The maximum absolute atomic E-state index is 14.2. The summed E-state index contributed by atoms with van der Waals surface area (Å²) in [6, 6.07) is 7.02. The average molecular weight is 273 g/mol. The fourth-order valence-corrected chi connectivity index (χ4v) is 1.88. The van der Waals surface area contributed by atoms with Crippen LogP contribution >= 0.6 is 0 Å². The Balaban J connectivity index is 2.43. The SMILES string of the molecule is CCc1ncnc(N(C)c2cccc(C(=N)N)c2)c1F. The molecule has 0 unspecified atom stereocenters. The number of aromatic nitrogens is 2. The van der Waals surface area contributed by atoms with E-state index in [1.54, 1.807) is 36.2 Å². The molecule has 0 aliphatic carbocycles. The van der Waals surface area contributed by atoms with Crippen LogP contribution in [0.1, 0.15) is 18.2 Å². The lowest BCUT2D eigenvalue weighted by Crippen LogP contribution is -2.16. The van der Waals surface area contributed by atoms with E-state index in [1.165, 1.54) is 6.33 Å². The van der Waals surface area contributed by atoms with Crippen molar-refractivity contribution in [3.8, 4) is 0 Å². The van der Waals surface area contributed by atoms with Gasteiger partial charge in [0.2, 0.25) is 0 Å². The second kappa shape index (κ2) is 5.64. The number of benzene rings is 1. The van der Waals surface area contributed by atoms with Gasteiger partial charge in [-0.05, 0) is 18.6 Å². The molecular formula is C14H16FN5. The van der Waals surface area contributed by atoms with Crippen LogP contribution in [0.5, 0.6) is 0 Å². The molecule has 0 atom stereocenters. The normalized spacial score (nSPS) is 10.3. The van der Waals surface area contributed by atoms with E-state index in [2.05, 4.69) is 9.97 Å². The van der Waals surface area contributed by atoms with Crippen LogP contribution in [0.15, 0.2) is 30.6 Å². The van der Waals surface area contributed by atoms with Crippen molar-refractivity contribution < 1.29 is 4.39 Å². The van der Waals surface area contributed by atoms with E-state index in [-0.39, 0.29) is 11.7 Å². The van der Waals surface area contributed by atoms with Gasteiger partial charge in [0.15, 0.2) is 11.6 Å². The van der Waals surface area contributed by atoms with Gasteiger partial charge in [0, 0.05) is 18.3 Å². The minimum atomic E-state index is -0.425. The predicted molar refractivity (Wildman–Crippen MR) is 76.9 cm³/mol. The molecule has 6 heteroatoms. The summed E-state index contributed by atoms with van der Waals surface area (Å²) in [6.07, 6.45) is 1.85. The highest BCUT2D eigenvalue weighted by molar-refractivity contribution is 5.96. The monoisotopic (exact) mass is 273 g/mol. The van der Waals surface area contributed by atoms with Crippen molar-refractivity contribution in [2.24, 2.45) is 5.73 Å². The molecule has 0 aliphatic heterocycles. The third-order valence-electron chi connectivity index (χ3n) is 3.04. The van der Waals surface area contributed by atoms with Crippen LogP contribution in [0.3, 0.4) is 0 Å². The zero-order chi connectivity index (χ0) is 14.7. The first-order chi connectivity index (χ1) is 9.54. The number of hydrogen-bond acceptors (Lipinski definition) is 4. The molecule has 1 heterocycles. The summed E-state index contributed by atoms with van der Waals surface area (Å²) < 4.78 is 14.2. The van der Waals surface area contributed by atoms with Gasteiger partial charge in [-0.2, -0.15) is 0 Å². The summed E-state index contributed by atoms with van der Waals surface area (Å²) in [5.41, 5.74) is 7.13. The molecule has 0 bridgehead atoms. The predicted octanol–water partition coefficient (Wildman–Crippen LogP) is 2.23. The number of nitrogens with two attached hydrogens (primary N) is 1. The first kappa shape index (κ1) is 13.9. The Bertz CT molecular complexity index is 641. The first-order valence-corrected chi connectivity index (χ1v) is 6.22. The summed E-state index contributed by atoms with van der Waals surface area (Å²) in [5.74, 6) is -0.249. The highest BCUT2D eigenvalue weighted by Gasteiger charge is 2.15. The number of amidine groups is 1. The Morgan fingerprint density at radius 2 is 2.15 bits per heavy atom. The number of hydrogen-bond donors (Lipinski definition) is 2. The molecule has 1 aromatic carbocycles. The van der Waals surface area contributed by atoms with E-state index in [4.69, 9.17) is 11.1 Å². The van der Waals surface area contributed by atoms with Crippen LogP contribution in [0.2, 0.25) is 0 Å². The zero-order valence-corrected chi connectivity index (χ0v) is 11.4. The average Bonchev–Trinajstić information content (AvgIpc) is 2.47. The third kappa shape index (κ3) is 2.59. The van der Waals surface area contributed by atoms with Crippen LogP contribution < -0.4 is 10.6 Å².